The fourth-order valence-electron chi connectivity index (χ4n) is 3.87. The molecular formula is C37H36O2S5. The van der Waals surface area contributed by atoms with Gasteiger partial charge in [-0.1, -0.05) is 59.5 Å². The van der Waals surface area contributed by atoms with Gasteiger partial charge in [0.2, 0.25) is 0 Å². The van der Waals surface area contributed by atoms with Gasteiger partial charge in [0, 0.05) is 52.4 Å². The van der Waals surface area contributed by atoms with Gasteiger partial charge < -0.3 is 9.47 Å². The molecule has 0 aliphatic carbocycles. The van der Waals surface area contributed by atoms with Crippen LogP contribution < -0.4 is 0 Å². The van der Waals surface area contributed by atoms with E-state index >= 15 is 0 Å². The lowest BCUT2D eigenvalue weighted by molar-refractivity contribution is 0.113. The summed E-state index contributed by atoms with van der Waals surface area (Å²) < 4.78 is 11.9. The fourth-order valence-corrected chi connectivity index (χ4v) is 8.69. The van der Waals surface area contributed by atoms with Gasteiger partial charge in [0.05, 0.1) is 12.2 Å². The Bertz CT molecular complexity index is 1460. The highest BCUT2D eigenvalue weighted by atomic mass is 32.2. The topological polar surface area (TPSA) is 18.5 Å². The molecule has 0 fully saturated rings. The van der Waals surface area contributed by atoms with Crippen molar-refractivity contribution in [2.45, 2.75) is 48.5 Å². The first-order chi connectivity index (χ1) is 21.6. The summed E-state index contributed by atoms with van der Waals surface area (Å²) >= 11 is 8.99. The molecule has 226 valence electrons. The highest BCUT2D eigenvalue weighted by molar-refractivity contribution is 8.01. The number of hydrogen-bond acceptors (Lipinski definition) is 7. The average molecular weight is 673 g/mol. The van der Waals surface area contributed by atoms with Crippen LogP contribution in [0.25, 0.3) is 0 Å². The summed E-state index contributed by atoms with van der Waals surface area (Å²) in [5.41, 5.74) is 1.27. The van der Waals surface area contributed by atoms with Gasteiger partial charge in [-0.05, 0) is 79.7 Å². The highest BCUT2D eigenvalue weighted by Gasteiger charge is 2.13. The van der Waals surface area contributed by atoms with Crippen molar-refractivity contribution in [3.63, 3.8) is 0 Å². The maximum absolute atomic E-state index is 5.95. The second kappa shape index (κ2) is 19.9. The summed E-state index contributed by atoms with van der Waals surface area (Å²) in [5, 5.41) is 0. The van der Waals surface area contributed by atoms with Crippen molar-refractivity contribution in [2.75, 3.05) is 36.2 Å². The Kier molecular flexibility index (Phi) is 15.6. The van der Waals surface area contributed by atoms with Gasteiger partial charge in [-0.15, -0.1) is 59.9 Å². The predicted molar refractivity (Wildman–Crippen MR) is 195 cm³/mol. The zero-order chi connectivity index (χ0) is 30.8. The average Bonchev–Trinajstić information content (AvgIpc) is 3.06. The Balaban J connectivity index is 1.22. The molecule has 4 aromatic rings. The molecule has 2 nitrogen and oxygen atoms in total. The minimum Gasteiger partial charge on any atom is -0.364 e. The van der Waals surface area contributed by atoms with Crippen molar-refractivity contribution in [2.24, 2.45) is 0 Å². The van der Waals surface area contributed by atoms with Crippen LogP contribution >= 0.6 is 58.8 Å². The van der Waals surface area contributed by atoms with Crippen LogP contribution in [0.3, 0.4) is 0 Å². The van der Waals surface area contributed by atoms with Gasteiger partial charge in [-0.3, -0.25) is 0 Å². The third-order valence-corrected chi connectivity index (χ3v) is 11.8. The lowest BCUT2D eigenvalue weighted by atomic mass is 10.2. The summed E-state index contributed by atoms with van der Waals surface area (Å²) in [6, 6.07) is 36.5. The van der Waals surface area contributed by atoms with E-state index in [2.05, 4.69) is 116 Å². The van der Waals surface area contributed by atoms with Crippen molar-refractivity contribution in [3.05, 3.63) is 109 Å². The number of hydrogen-bond donors (Lipinski definition) is 0. The summed E-state index contributed by atoms with van der Waals surface area (Å²) in [5.74, 6) is 8.65. The Hall–Kier alpha value is -2.33. The van der Waals surface area contributed by atoms with E-state index in [9.17, 15) is 0 Å². The van der Waals surface area contributed by atoms with Gasteiger partial charge >= 0.3 is 0 Å². The number of ether oxygens (including phenoxy) is 2. The van der Waals surface area contributed by atoms with E-state index < -0.39 is 0 Å². The quantitative estimate of drug-likeness (QED) is 0.0764. The molecule has 4 rings (SSSR count). The van der Waals surface area contributed by atoms with Crippen LogP contribution in [-0.2, 0) is 9.47 Å². The largest absolute Gasteiger partial charge is 0.364 e. The van der Waals surface area contributed by atoms with Crippen LogP contribution in [0.4, 0.5) is 0 Å². The third kappa shape index (κ3) is 13.0. The van der Waals surface area contributed by atoms with Crippen molar-refractivity contribution in [1.82, 2.24) is 0 Å². The van der Waals surface area contributed by atoms with Crippen LogP contribution in [0.1, 0.15) is 5.56 Å². The Morgan fingerprint density at radius 2 is 0.841 bits per heavy atom. The minimum absolute atomic E-state index is 0.0783. The van der Waals surface area contributed by atoms with E-state index in [1.807, 2.05) is 17.8 Å². The zero-order valence-corrected chi connectivity index (χ0v) is 28.8. The van der Waals surface area contributed by atoms with Crippen molar-refractivity contribution in [3.8, 4) is 24.7 Å². The van der Waals surface area contributed by atoms with E-state index in [-0.39, 0.29) is 12.2 Å². The Morgan fingerprint density at radius 3 is 1.23 bits per heavy atom. The van der Waals surface area contributed by atoms with Crippen molar-refractivity contribution < 1.29 is 9.47 Å². The lowest BCUT2D eigenvalue weighted by Gasteiger charge is -2.16. The molecule has 0 bridgehead atoms. The molecule has 0 aliphatic heterocycles. The predicted octanol–water partition coefficient (Wildman–Crippen LogP) is 9.95. The van der Waals surface area contributed by atoms with Gasteiger partial charge in [0.1, 0.15) is 13.2 Å². The molecule has 2 atom stereocenters. The second-order valence-corrected chi connectivity index (χ2v) is 15.2. The van der Waals surface area contributed by atoms with Gasteiger partial charge in [-0.25, -0.2) is 0 Å². The van der Waals surface area contributed by atoms with Gasteiger partial charge in [0.25, 0.3) is 0 Å². The molecule has 0 aromatic heterocycles. The first-order valence-electron chi connectivity index (χ1n) is 14.2. The molecule has 0 heterocycles. The number of benzene rings is 4. The van der Waals surface area contributed by atoms with E-state index in [4.69, 9.17) is 22.3 Å². The molecule has 0 aliphatic rings. The first kappa shape index (κ1) is 34.5. The summed E-state index contributed by atoms with van der Waals surface area (Å²) in [4.78, 5) is 7.37. The Labute approximate surface area is 284 Å². The van der Waals surface area contributed by atoms with Crippen LogP contribution in [0, 0.1) is 31.6 Å². The standard InChI is InChI=1S/C37H36O2S5/c1-4-23-38-30(25-40-32-9-7-6-8-10-32)27-42-34-15-19-36(20-16-34)44-37-21-17-35(18-22-37)43-28-31(39-24-5-2)26-41-33-13-11-29(3)12-14-33/h1-2,6-22,30-31H,23-28H2,3H3. The number of thioether (sulfide) groups is 4. The maximum Gasteiger partial charge on any atom is 0.107 e. The van der Waals surface area contributed by atoms with E-state index in [1.54, 1.807) is 47.0 Å². The minimum atomic E-state index is 0.0783. The van der Waals surface area contributed by atoms with E-state index in [1.165, 1.54) is 34.9 Å². The number of aryl methyl sites for hydroxylation is 1. The molecule has 0 saturated carbocycles. The van der Waals surface area contributed by atoms with Gasteiger partial charge in [-0.2, -0.15) is 0 Å². The fraction of sp³-hybridized carbons (Fsp3) is 0.243. The van der Waals surface area contributed by atoms with Crippen LogP contribution in [0.5, 0.6) is 0 Å². The molecular weight excluding hydrogens is 637 g/mol. The lowest BCUT2D eigenvalue weighted by Crippen LogP contribution is -2.19. The SMILES string of the molecule is C#CCOC(CSc1ccccc1)CSc1ccc(Sc2ccc(SCC(CSc3ccc(C)cc3)OCC#C)cc2)cc1. The molecule has 0 saturated heterocycles. The molecule has 0 spiro atoms. The van der Waals surface area contributed by atoms with Crippen LogP contribution in [0.15, 0.2) is 133 Å². The van der Waals surface area contributed by atoms with Crippen molar-refractivity contribution in [1.29, 1.82) is 0 Å². The third-order valence-electron chi connectivity index (χ3n) is 6.20. The normalized spacial score (nSPS) is 12.2. The van der Waals surface area contributed by atoms with Crippen LogP contribution in [0.2, 0.25) is 0 Å². The van der Waals surface area contributed by atoms with E-state index in [0.29, 0.717) is 13.2 Å². The highest BCUT2D eigenvalue weighted by Crippen LogP contribution is 2.32. The van der Waals surface area contributed by atoms with Crippen LogP contribution in [-0.4, -0.2) is 48.4 Å². The smallest absolute Gasteiger partial charge is 0.107 e. The second-order valence-electron chi connectivity index (χ2n) is 9.69. The molecule has 7 heteroatoms. The summed E-state index contributed by atoms with van der Waals surface area (Å²) in [6.07, 6.45) is 11.1. The first-order valence-corrected chi connectivity index (χ1v) is 19.0. The van der Waals surface area contributed by atoms with Crippen molar-refractivity contribution >= 4 is 58.8 Å². The Morgan fingerprint density at radius 1 is 0.500 bits per heavy atom. The molecule has 4 aromatic carbocycles. The molecule has 2 unspecified atom stereocenters. The molecule has 0 N–H and O–H groups in total. The molecule has 0 amide bonds. The number of rotatable bonds is 18. The number of terminal acetylenes is 2. The van der Waals surface area contributed by atoms with Gasteiger partial charge in [0.15, 0.2) is 0 Å². The molecule has 0 radical (unpaired) electrons. The summed E-state index contributed by atoms with van der Waals surface area (Å²) in [7, 11) is 0. The molecule has 44 heavy (non-hydrogen) atoms. The zero-order valence-electron chi connectivity index (χ0n) is 24.7. The summed E-state index contributed by atoms with van der Waals surface area (Å²) in [6.45, 7) is 2.77. The monoisotopic (exact) mass is 672 g/mol. The maximum atomic E-state index is 5.95. The van der Waals surface area contributed by atoms with E-state index in [0.717, 1.165) is 23.0 Å².